The van der Waals surface area contributed by atoms with Gasteiger partial charge in [0.2, 0.25) is 0 Å². The molecule has 86 valence electrons. The summed E-state index contributed by atoms with van der Waals surface area (Å²) in [5, 5.41) is 8.54. The van der Waals surface area contributed by atoms with Gasteiger partial charge < -0.3 is 14.7 Å². The van der Waals surface area contributed by atoms with Gasteiger partial charge in [0.1, 0.15) is 0 Å². The Morgan fingerprint density at radius 3 is 2.53 bits per heavy atom. The fourth-order valence-corrected chi connectivity index (χ4v) is 2.19. The molecule has 2 saturated heterocycles. The Morgan fingerprint density at radius 2 is 2.00 bits per heavy atom. The second-order valence-electron chi connectivity index (χ2n) is 4.75. The van der Waals surface area contributed by atoms with Gasteiger partial charge in [0, 0.05) is 25.4 Å². The van der Waals surface area contributed by atoms with Gasteiger partial charge in [0.25, 0.3) is 0 Å². The smallest absolute Gasteiger partial charge is 0.303 e. The Morgan fingerprint density at radius 1 is 1.27 bits per heavy atom. The van der Waals surface area contributed by atoms with Crippen LogP contribution in [0, 0.1) is 11.8 Å². The van der Waals surface area contributed by atoms with E-state index in [0.717, 1.165) is 45.2 Å². The van der Waals surface area contributed by atoms with Crippen molar-refractivity contribution in [1.29, 1.82) is 0 Å². The van der Waals surface area contributed by atoms with E-state index < -0.39 is 5.97 Å². The Labute approximate surface area is 90.2 Å². The fraction of sp³-hybridized carbons (Fsp3) is 0.909. The second kappa shape index (κ2) is 4.94. The highest BCUT2D eigenvalue weighted by Crippen LogP contribution is 2.22. The number of ether oxygens (including phenoxy) is 1. The van der Waals surface area contributed by atoms with Gasteiger partial charge in [-0.15, -0.1) is 0 Å². The number of carboxylic acids is 1. The van der Waals surface area contributed by atoms with Crippen LogP contribution in [-0.2, 0) is 9.53 Å². The first kappa shape index (κ1) is 10.9. The van der Waals surface area contributed by atoms with Crippen LogP contribution in [0.25, 0.3) is 0 Å². The van der Waals surface area contributed by atoms with Crippen LogP contribution in [-0.4, -0.2) is 48.8 Å². The molecule has 2 aliphatic heterocycles. The van der Waals surface area contributed by atoms with E-state index in [1.165, 1.54) is 6.42 Å². The molecular weight excluding hydrogens is 194 g/mol. The monoisotopic (exact) mass is 213 g/mol. The molecule has 0 amide bonds. The summed E-state index contributed by atoms with van der Waals surface area (Å²) in [5.74, 6) is 0.738. The average Bonchev–Trinajstić information content (AvgIpc) is 2.03. The molecule has 0 aromatic rings. The maximum Gasteiger partial charge on any atom is 0.303 e. The van der Waals surface area contributed by atoms with E-state index in [0.29, 0.717) is 12.3 Å². The summed E-state index contributed by atoms with van der Waals surface area (Å²) in [6.07, 6.45) is 2.42. The minimum Gasteiger partial charge on any atom is -0.481 e. The summed E-state index contributed by atoms with van der Waals surface area (Å²) in [5.41, 5.74) is 0. The molecule has 0 bridgehead atoms. The van der Waals surface area contributed by atoms with Crippen molar-refractivity contribution >= 4 is 5.97 Å². The molecule has 0 saturated carbocycles. The van der Waals surface area contributed by atoms with E-state index >= 15 is 0 Å². The molecule has 0 aromatic carbocycles. The molecule has 0 atom stereocenters. The number of carboxylic acid groups (broad SMARTS) is 1. The van der Waals surface area contributed by atoms with Crippen LogP contribution in [0.1, 0.15) is 19.3 Å². The van der Waals surface area contributed by atoms with E-state index in [-0.39, 0.29) is 0 Å². The molecular formula is C11H19NO3. The second-order valence-corrected chi connectivity index (χ2v) is 4.75. The van der Waals surface area contributed by atoms with Crippen LogP contribution in [0.4, 0.5) is 0 Å². The van der Waals surface area contributed by atoms with Crippen molar-refractivity contribution in [2.75, 3.05) is 32.8 Å². The zero-order chi connectivity index (χ0) is 10.7. The number of aliphatic carboxylic acids is 1. The van der Waals surface area contributed by atoms with E-state index in [1.54, 1.807) is 0 Å². The molecule has 0 aliphatic carbocycles. The lowest BCUT2D eigenvalue weighted by molar-refractivity contribution is -0.137. The number of likely N-dealkylation sites (tertiary alicyclic amines) is 1. The van der Waals surface area contributed by atoms with Crippen molar-refractivity contribution in [3.63, 3.8) is 0 Å². The van der Waals surface area contributed by atoms with Gasteiger partial charge in [-0.1, -0.05) is 0 Å². The Bertz CT molecular complexity index is 222. The van der Waals surface area contributed by atoms with Crippen molar-refractivity contribution in [1.82, 2.24) is 4.90 Å². The topological polar surface area (TPSA) is 49.8 Å². The molecule has 2 heterocycles. The maximum absolute atomic E-state index is 10.4. The molecule has 1 N–H and O–H groups in total. The van der Waals surface area contributed by atoms with Crippen LogP contribution in [0.2, 0.25) is 0 Å². The Kier molecular flexibility index (Phi) is 3.59. The highest BCUT2D eigenvalue weighted by Gasteiger charge is 2.28. The van der Waals surface area contributed by atoms with Crippen LogP contribution in [0.5, 0.6) is 0 Å². The summed E-state index contributed by atoms with van der Waals surface area (Å²) in [7, 11) is 0. The molecule has 0 radical (unpaired) electrons. The number of rotatable bonds is 6. The highest BCUT2D eigenvalue weighted by molar-refractivity contribution is 5.66. The van der Waals surface area contributed by atoms with Crippen molar-refractivity contribution < 1.29 is 14.6 Å². The highest BCUT2D eigenvalue weighted by atomic mass is 16.5. The summed E-state index contributed by atoms with van der Waals surface area (Å²) >= 11 is 0. The lowest BCUT2D eigenvalue weighted by Gasteiger charge is -2.40. The van der Waals surface area contributed by atoms with Gasteiger partial charge in [0.15, 0.2) is 0 Å². The van der Waals surface area contributed by atoms with Gasteiger partial charge in [-0.3, -0.25) is 4.79 Å². The molecule has 2 aliphatic rings. The van der Waals surface area contributed by atoms with Crippen molar-refractivity contribution in [3.05, 3.63) is 0 Å². The predicted octanol–water partition coefficient (Wildman–Crippen LogP) is 0.820. The van der Waals surface area contributed by atoms with Crippen LogP contribution in [0.15, 0.2) is 0 Å². The molecule has 15 heavy (non-hydrogen) atoms. The van der Waals surface area contributed by atoms with Crippen LogP contribution in [0.3, 0.4) is 0 Å². The molecule has 0 spiro atoms. The van der Waals surface area contributed by atoms with Crippen LogP contribution < -0.4 is 0 Å². The van der Waals surface area contributed by atoms with E-state index in [4.69, 9.17) is 9.84 Å². The SMILES string of the molecule is O=C(O)CCC1CN(CCC2COC2)C1. The molecule has 0 aromatic heterocycles. The van der Waals surface area contributed by atoms with Gasteiger partial charge >= 0.3 is 5.97 Å². The third-order valence-corrected chi connectivity index (χ3v) is 3.36. The third-order valence-electron chi connectivity index (χ3n) is 3.36. The normalized spacial score (nSPS) is 23.5. The van der Waals surface area contributed by atoms with Gasteiger partial charge in [-0.2, -0.15) is 0 Å². The standard InChI is InChI=1S/C11H19NO3/c13-11(14)2-1-9-5-12(6-9)4-3-10-7-15-8-10/h9-10H,1-8H2,(H,13,14). The van der Waals surface area contributed by atoms with Gasteiger partial charge in [-0.25, -0.2) is 0 Å². The maximum atomic E-state index is 10.4. The Balaban J connectivity index is 1.48. The lowest BCUT2D eigenvalue weighted by atomic mass is 9.93. The fourth-order valence-electron chi connectivity index (χ4n) is 2.19. The van der Waals surface area contributed by atoms with E-state index in [1.807, 2.05) is 0 Å². The van der Waals surface area contributed by atoms with Crippen molar-refractivity contribution in [3.8, 4) is 0 Å². The van der Waals surface area contributed by atoms with Crippen molar-refractivity contribution in [2.45, 2.75) is 19.3 Å². The summed E-state index contributed by atoms with van der Waals surface area (Å²) < 4.78 is 5.12. The lowest BCUT2D eigenvalue weighted by Crippen LogP contribution is -2.48. The minimum atomic E-state index is -0.667. The Hall–Kier alpha value is -0.610. The number of carbonyl (C=O) groups is 1. The molecule has 4 nitrogen and oxygen atoms in total. The van der Waals surface area contributed by atoms with Crippen LogP contribution >= 0.6 is 0 Å². The van der Waals surface area contributed by atoms with E-state index in [2.05, 4.69) is 4.90 Å². The number of hydrogen-bond acceptors (Lipinski definition) is 3. The molecule has 0 unspecified atom stereocenters. The number of nitrogens with zero attached hydrogens (tertiary/aromatic N) is 1. The first-order chi connectivity index (χ1) is 7.24. The predicted molar refractivity (Wildman–Crippen MR) is 55.7 cm³/mol. The first-order valence-electron chi connectivity index (χ1n) is 5.76. The minimum absolute atomic E-state index is 0.328. The summed E-state index contributed by atoms with van der Waals surface area (Å²) in [4.78, 5) is 12.8. The zero-order valence-electron chi connectivity index (χ0n) is 9.02. The molecule has 2 fully saturated rings. The largest absolute Gasteiger partial charge is 0.481 e. The summed E-state index contributed by atoms with van der Waals surface area (Å²) in [6, 6.07) is 0. The van der Waals surface area contributed by atoms with Gasteiger partial charge in [-0.05, 0) is 25.3 Å². The average molecular weight is 213 g/mol. The third kappa shape index (κ3) is 3.18. The van der Waals surface area contributed by atoms with E-state index in [9.17, 15) is 4.79 Å². The quantitative estimate of drug-likeness (QED) is 0.709. The zero-order valence-corrected chi connectivity index (χ0v) is 9.02. The van der Waals surface area contributed by atoms with Gasteiger partial charge in [0.05, 0.1) is 13.2 Å². The van der Waals surface area contributed by atoms with Crippen molar-refractivity contribution in [2.24, 2.45) is 11.8 Å². The first-order valence-corrected chi connectivity index (χ1v) is 5.76. The molecule has 4 heteroatoms. The summed E-state index contributed by atoms with van der Waals surface area (Å²) in [6.45, 7) is 5.24. The number of hydrogen-bond donors (Lipinski definition) is 1. The molecule has 2 rings (SSSR count).